The summed E-state index contributed by atoms with van der Waals surface area (Å²) in [5.74, 6) is -0.856. The van der Waals surface area contributed by atoms with Gasteiger partial charge in [-0.2, -0.15) is 0 Å². The van der Waals surface area contributed by atoms with Crippen molar-refractivity contribution in [3.63, 3.8) is 0 Å². The normalized spacial score (nSPS) is 12.1. The summed E-state index contributed by atoms with van der Waals surface area (Å²) < 4.78 is 16.9. The SMILES string of the molecule is CCCCCCCCC/C=C\CCCCCCCC(=O)OCC(COC(=O)CCCCCCCCC/C=C\CCCCCCCCCC)OC(=O)CCCCCCCCCCCCCCCCCCCCC. The fraction of sp³-hybridized carbons (Fsp3) is 0.894. The van der Waals surface area contributed by atoms with E-state index in [1.807, 2.05) is 0 Å². The molecular formula is C66H124O6. The molecule has 0 aliphatic rings. The molecule has 0 saturated heterocycles. The predicted octanol–water partition coefficient (Wildman–Crippen LogP) is 21.8. The lowest BCUT2D eigenvalue weighted by Crippen LogP contribution is -2.30. The zero-order valence-corrected chi connectivity index (χ0v) is 48.7. The lowest BCUT2D eigenvalue weighted by Gasteiger charge is -2.18. The van der Waals surface area contributed by atoms with Crippen molar-refractivity contribution in [2.75, 3.05) is 13.2 Å². The van der Waals surface area contributed by atoms with Crippen molar-refractivity contribution in [3.05, 3.63) is 24.3 Å². The Morgan fingerprint density at radius 3 is 0.694 bits per heavy atom. The molecule has 0 aliphatic heterocycles. The third-order valence-corrected chi connectivity index (χ3v) is 14.7. The maximum Gasteiger partial charge on any atom is 0.306 e. The first-order valence-electron chi connectivity index (χ1n) is 32.3. The minimum absolute atomic E-state index is 0.0713. The molecule has 0 aromatic carbocycles. The maximum atomic E-state index is 12.9. The van der Waals surface area contributed by atoms with Gasteiger partial charge in [0.1, 0.15) is 13.2 Å². The first-order valence-corrected chi connectivity index (χ1v) is 32.3. The summed E-state index contributed by atoms with van der Waals surface area (Å²) in [5, 5.41) is 0. The van der Waals surface area contributed by atoms with Crippen molar-refractivity contribution in [1.29, 1.82) is 0 Å². The number of ether oxygens (including phenoxy) is 3. The van der Waals surface area contributed by atoms with Gasteiger partial charge in [-0.05, 0) is 70.6 Å². The smallest absolute Gasteiger partial charge is 0.306 e. The molecule has 0 spiro atoms. The molecule has 0 bridgehead atoms. The molecule has 1 unspecified atom stereocenters. The van der Waals surface area contributed by atoms with Crippen LogP contribution in [0.1, 0.15) is 361 Å². The average molecular weight is 1010 g/mol. The van der Waals surface area contributed by atoms with Crippen molar-refractivity contribution in [3.8, 4) is 0 Å². The van der Waals surface area contributed by atoms with Crippen molar-refractivity contribution in [2.24, 2.45) is 0 Å². The zero-order valence-electron chi connectivity index (χ0n) is 48.7. The number of esters is 3. The van der Waals surface area contributed by atoms with Gasteiger partial charge in [0.2, 0.25) is 0 Å². The highest BCUT2D eigenvalue weighted by Crippen LogP contribution is 2.18. The molecule has 6 heteroatoms. The van der Waals surface area contributed by atoms with Crippen molar-refractivity contribution < 1.29 is 28.6 Å². The third kappa shape index (κ3) is 58.8. The van der Waals surface area contributed by atoms with Gasteiger partial charge in [-0.25, -0.2) is 0 Å². The molecule has 0 aromatic heterocycles. The lowest BCUT2D eigenvalue weighted by atomic mass is 10.0. The standard InChI is InChI=1S/C66H124O6/c1-4-7-10-13-16-19-22-25-28-31-33-35-38-41-44-47-50-53-56-59-65(68)71-62-63(61-70-64(67)58-55-52-49-46-43-40-37-30-27-24-21-18-15-12-9-6-3)72-66(69)60-57-54-51-48-45-42-39-36-34-32-29-26-23-20-17-14-11-8-5-2/h30-31,33,37,63H,4-29,32,34-36,38-62H2,1-3H3/b33-31-,37-30-. The van der Waals surface area contributed by atoms with Gasteiger partial charge in [0.15, 0.2) is 6.10 Å². The summed E-state index contributed by atoms with van der Waals surface area (Å²) in [6, 6.07) is 0. The Labute approximate surface area is 449 Å². The Balaban J connectivity index is 4.33. The van der Waals surface area contributed by atoms with Gasteiger partial charge in [0.25, 0.3) is 0 Å². The minimum atomic E-state index is -0.774. The molecule has 0 amide bonds. The van der Waals surface area contributed by atoms with Gasteiger partial charge < -0.3 is 14.2 Å². The number of unbranched alkanes of at least 4 members (excludes halogenated alkanes) is 45. The second-order valence-corrected chi connectivity index (χ2v) is 22.0. The molecule has 0 N–H and O–H groups in total. The van der Waals surface area contributed by atoms with Crippen LogP contribution in [0, 0.1) is 0 Å². The van der Waals surface area contributed by atoms with Gasteiger partial charge in [0.05, 0.1) is 0 Å². The minimum Gasteiger partial charge on any atom is -0.462 e. The quantitative estimate of drug-likeness (QED) is 0.0261. The molecule has 0 rings (SSSR count). The van der Waals surface area contributed by atoms with Crippen LogP contribution in [0.3, 0.4) is 0 Å². The Morgan fingerprint density at radius 2 is 0.458 bits per heavy atom. The second-order valence-electron chi connectivity index (χ2n) is 22.0. The van der Waals surface area contributed by atoms with E-state index in [4.69, 9.17) is 14.2 Å². The first-order chi connectivity index (χ1) is 35.5. The summed E-state index contributed by atoms with van der Waals surface area (Å²) >= 11 is 0. The fourth-order valence-corrected chi connectivity index (χ4v) is 9.79. The molecule has 0 aromatic rings. The largest absolute Gasteiger partial charge is 0.462 e. The van der Waals surface area contributed by atoms with Crippen LogP contribution in [0.5, 0.6) is 0 Å². The van der Waals surface area contributed by atoms with Crippen molar-refractivity contribution in [1.82, 2.24) is 0 Å². The van der Waals surface area contributed by atoms with E-state index >= 15 is 0 Å². The molecule has 0 radical (unpaired) electrons. The van der Waals surface area contributed by atoms with Crippen LogP contribution < -0.4 is 0 Å². The van der Waals surface area contributed by atoms with Crippen molar-refractivity contribution >= 4 is 17.9 Å². The number of rotatable bonds is 60. The van der Waals surface area contributed by atoms with E-state index < -0.39 is 6.10 Å². The topological polar surface area (TPSA) is 78.9 Å². The number of hydrogen-bond donors (Lipinski definition) is 0. The summed E-state index contributed by atoms with van der Waals surface area (Å²) in [7, 11) is 0. The zero-order chi connectivity index (χ0) is 52.2. The van der Waals surface area contributed by atoms with Gasteiger partial charge in [-0.15, -0.1) is 0 Å². The number of carbonyl (C=O) groups is 3. The Hall–Kier alpha value is -2.11. The van der Waals surface area contributed by atoms with Crippen LogP contribution in [0.15, 0.2) is 24.3 Å². The first kappa shape index (κ1) is 69.9. The monoisotopic (exact) mass is 1010 g/mol. The van der Waals surface area contributed by atoms with Gasteiger partial charge >= 0.3 is 17.9 Å². The molecular weight excluding hydrogens is 889 g/mol. The highest BCUT2D eigenvalue weighted by Gasteiger charge is 2.19. The summed E-state index contributed by atoms with van der Waals surface area (Å²) in [5.41, 5.74) is 0. The maximum absolute atomic E-state index is 12.9. The Morgan fingerprint density at radius 1 is 0.264 bits per heavy atom. The van der Waals surface area contributed by atoms with E-state index in [1.54, 1.807) is 0 Å². The second kappa shape index (κ2) is 61.4. The average Bonchev–Trinajstić information content (AvgIpc) is 3.38. The van der Waals surface area contributed by atoms with Gasteiger partial charge in [0, 0.05) is 19.3 Å². The fourth-order valence-electron chi connectivity index (χ4n) is 9.79. The third-order valence-electron chi connectivity index (χ3n) is 14.7. The Kier molecular flexibility index (Phi) is 59.6. The highest BCUT2D eigenvalue weighted by atomic mass is 16.6. The molecule has 1 atom stereocenters. The van der Waals surface area contributed by atoms with Crippen LogP contribution in [0.4, 0.5) is 0 Å². The molecule has 72 heavy (non-hydrogen) atoms. The van der Waals surface area contributed by atoms with E-state index in [0.29, 0.717) is 19.3 Å². The molecule has 0 heterocycles. The van der Waals surface area contributed by atoms with E-state index in [0.717, 1.165) is 64.2 Å². The van der Waals surface area contributed by atoms with Crippen LogP contribution in [0.25, 0.3) is 0 Å². The number of hydrogen-bond acceptors (Lipinski definition) is 6. The summed E-state index contributed by atoms with van der Waals surface area (Å²) in [6.07, 6.45) is 73.2. The van der Waals surface area contributed by atoms with E-state index in [9.17, 15) is 14.4 Å². The predicted molar refractivity (Wildman–Crippen MR) is 312 cm³/mol. The van der Waals surface area contributed by atoms with Gasteiger partial charge in [-0.3, -0.25) is 14.4 Å². The van der Waals surface area contributed by atoms with Crippen LogP contribution in [-0.4, -0.2) is 37.2 Å². The van der Waals surface area contributed by atoms with Crippen molar-refractivity contribution in [2.45, 2.75) is 367 Å². The molecule has 0 fully saturated rings. The molecule has 0 aliphatic carbocycles. The molecule has 0 saturated carbocycles. The van der Waals surface area contributed by atoms with Crippen LogP contribution in [-0.2, 0) is 28.6 Å². The number of carbonyl (C=O) groups excluding carboxylic acids is 3. The lowest BCUT2D eigenvalue weighted by molar-refractivity contribution is -0.167. The molecule has 424 valence electrons. The summed E-state index contributed by atoms with van der Waals surface area (Å²) in [6.45, 7) is 6.70. The van der Waals surface area contributed by atoms with Gasteiger partial charge in [-0.1, -0.05) is 295 Å². The van der Waals surface area contributed by atoms with Crippen LogP contribution >= 0.6 is 0 Å². The Bertz CT molecular complexity index is 1160. The van der Waals surface area contributed by atoms with E-state index in [-0.39, 0.29) is 31.1 Å². The molecule has 6 nitrogen and oxygen atoms in total. The number of allylic oxidation sites excluding steroid dienone is 4. The summed E-state index contributed by atoms with van der Waals surface area (Å²) in [4.78, 5) is 38.3. The van der Waals surface area contributed by atoms with E-state index in [1.165, 1.54) is 257 Å². The van der Waals surface area contributed by atoms with E-state index in [2.05, 4.69) is 45.1 Å². The van der Waals surface area contributed by atoms with Crippen LogP contribution in [0.2, 0.25) is 0 Å². The highest BCUT2D eigenvalue weighted by molar-refractivity contribution is 5.71.